The quantitative estimate of drug-likeness (QED) is 0.526. The van der Waals surface area contributed by atoms with Crippen LogP contribution in [0.3, 0.4) is 0 Å². The molecule has 33 valence electrons. The van der Waals surface area contributed by atoms with Gasteiger partial charge in [-0.25, -0.2) is 0 Å². The van der Waals surface area contributed by atoms with Crippen molar-refractivity contribution < 1.29 is 5.48 Å². The third-order valence-electron chi connectivity index (χ3n) is 0.204. The first-order chi connectivity index (χ1) is 1.91. The van der Waals surface area contributed by atoms with Crippen LogP contribution >= 0.6 is 0 Å². The van der Waals surface area contributed by atoms with Gasteiger partial charge in [0.1, 0.15) is 0 Å². The molecule has 0 fully saturated rings. The normalized spacial score (nSPS) is 6.00. The van der Waals surface area contributed by atoms with E-state index >= 15 is 0 Å². The summed E-state index contributed by atoms with van der Waals surface area (Å²) in [6.45, 7) is 2.18. The van der Waals surface area contributed by atoms with Gasteiger partial charge in [-0.1, -0.05) is 0 Å². The van der Waals surface area contributed by atoms with Crippen LogP contribution in [0.4, 0.5) is 0 Å². The summed E-state index contributed by atoms with van der Waals surface area (Å²) < 4.78 is 1.33. The van der Waals surface area contributed by atoms with E-state index in [4.69, 9.17) is 0 Å². The van der Waals surface area contributed by atoms with Crippen LogP contribution in [0.5, 0.6) is 0 Å². The summed E-state index contributed by atoms with van der Waals surface area (Å²) in [5.41, 5.74) is 0. The Morgan fingerprint density at radius 3 is 1.80 bits per heavy atom. The molecular weight excluding hydrogens is 180 g/mol. The monoisotopic (exact) mass is 191 g/mol. The van der Waals surface area contributed by atoms with Crippen molar-refractivity contribution in [1.29, 1.82) is 0 Å². The molecule has 0 aliphatic carbocycles. The molecule has 2 heteroatoms. The van der Waals surface area contributed by atoms with Crippen molar-refractivity contribution in [2.75, 3.05) is 0 Å². The van der Waals surface area contributed by atoms with Crippen LogP contribution in [-0.2, 0) is 0 Å². The summed E-state index contributed by atoms with van der Waals surface area (Å²) in [5.74, 6) is 0. The van der Waals surface area contributed by atoms with E-state index in [1.165, 1.54) is 10.9 Å². The predicted molar refractivity (Wildman–Crippen MR) is 24.5 cm³/mol. The first-order valence-corrected chi connectivity index (χ1v) is 3.14. The maximum absolute atomic E-state index is 2.18. The first-order valence-electron chi connectivity index (χ1n) is 1.50. The number of hydrogen-bond donors (Lipinski definition) is 0. The molecule has 0 heterocycles. The largest absolute Gasteiger partial charge is 0.412 e. The van der Waals surface area contributed by atoms with Gasteiger partial charge in [0, 0.05) is 0 Å². The Kier molecular flexibility index (Phi) is 16.3. The molecule has 5 heavy (non-hydrogen) atoms. The van der Waals surface area contributed by atoms with Crippen LogP contribution in [0, 0.1) is 0 Å². The van der Waals surface area contributed by atoms with Gasteiger partial charge < -0.3 is 5.48 Å². The maximum Gasteiger partial charge on any atom is -0.412 e. The van der Waals surface area contributed by atoms with Crippen LogP contribution in [0.2, 0.25) is 4.47 Å². The van der Waals surface area contributed by atoms with E-state index in [0.29, 0.717) is 0 Å². The third-order valence-corrected chi connectivity index (χ3v) is 1.37. The zero-order valence-corrected chi connectivity index (χ0v) is 5.65. The van der Waals surface area contributed by atoms with Gasteiger partial charge in [-0.3, -0.25) is 0 Å². The third kappa shape index (κ3) is 11.7. The molecule has 0 spiro atoms. The molecule has 0 unspecified atom stereocenters. The molecule has 0 rings (SSSR count). The molecule has 2 N–H and O–H groups in total. The van der Waals surface area contributed by atoms with Gasteiger partial charge in [0.05, 0.1) is 0 Å². The maximum atomic E-state index is 2.18. The average molecular weight is 189 g/mol. The molecule has 0 saturated heterocycles. The van der Waals surface area contributed by atoms with Crippen molar-refractivity contribution in [1.82, 2.24) is 0 Å². The molecule has 0 bridgehead atoms. The molecule has 1 nitrogen and oxygen atoms in total. The first kappa shape index (κ1) is 9.23. The Hall–Kier alpha value is 0.750. The second kappa shape index (κ2) is 8.83. The van der Waals surface area contributed by atoms with Crippen molar-refractivity contribution in [3.63, 3.8) is 0 Å². The van der Waals surface area contributed by atoms with Crippen molar-refractivity contribution in [2.24, 2.45) is 0 Å². The zero-order valence-electron chi connectivity index (χ0n) is 3.32. The van der Waals surface area contributed by atoms with E-state index < -0.39 is 0 Å². The van der Waals surface area contributed by atoms with Crippen LogP contribution in [-0.4, -0.2) is 27.8 Å². The predicted octanol–water partition coefficient (Wildman–Crippen LogP) is 0.158. The van der Waals surface area contributed by atoms with Gasteiger partial charge in [0.15, 0.2) is 0 Å². The SMILES string of the molecule is CCC[Te].O. The summed E-state index contributed by atoms with van der Waals surface area (Å²) in [6.07, 6.45) is 1.32. The van der Waals surface area contributed by atoms with E-state index in [2.05, 4.69) is 29.2 Å². The fourth-order valence-corrected chi connectivity index (χ4v) is 0. The van der Waals surface area contributed by atoms with E-state index in [0.717, 1.165) is 0 Å². The van der Waals surface area contributed by atoms with Gasteiger partial charge >= 0.3 is 40.1 Å². The zero-order chi connectivity index (χ0) is 3.41. The van der Waals surface area contributed by atoms with Gasteiger partial charge in [-0.15, -0.1) is 0 Å². The molecule has 0 aromatic carbocycles. The molecule has 0 aromatic rings. The summed E-state index contributed by atoms with van der Waals surface area (Å²) in [6, 6.07) is 0. The topological polar surface area (TPSA) is 31.5 Å². The van der Waals surface area contributed by atoms with Gasteiger partial charge in [0.25, 0.3) is 0 Å². The summed E-state index contributed by atoms with van der Waals surface area (Å²) in [5, 5.41) is 0. The van der Waals surface area contributed by atoms with Gasteiger partial charge in [-0.2, -0.15) is 0 Å². The molecular formula is C3H9OTe. The van der Waals surface area contributed by atoms with Gasteiger partial charge in [-0.05, 0) is 0 Å². The van der Waals surface area contributed by atoms with Crippen molar-refractivity contribution in [2.45, 2.75) is 17.8 Å². The molecule has 1 radical (unpaired) electrons. The smallest absolute Gasteiger partial charge is 0.412 e. The molecule has 0 atom stereocenters. The average Bonchev–Trinajstić information content (AvgIpc) is 1.37. The van der Waals surface area contributed by atoms with Crippen molar-refractivity contribution in [3.05, 3.63) is 0 Å². The molecule has 0 aliphatic heterocycles. The fraction of sp³-hybridized carbons (Fsp3) is 1.00. The van der Waals surface area contributed by atoms with E-state index in [1.54, 1.807) is 0 Å². The summed E-state index contributed by atoms with van der Waals surface area (Å²) >= 11 is 2.12. The molecule has 0 aromatic heterocycles. The van der Waals surface area contributed by atoms with Crippen LogP contribution in [0.1, 0.15) is 13.3 Å². The van der Waals surface area contributed by atoms with Crippen LogP contribution in [0.25, 0.3) is 0 Å². The Bertz CT molecular complexity index is 8.85. The van der Waals surface area contributed by atoms with Crippen LogP contribution in [0.15, 0.2) is 0 Å². The van der Waals surface area contributed by atoms with Crippen LogP contribution < -0.4 is 0 Å². The van der Waals surface area contributed by atoms with E-state index in [9.17, 15) is 0 Å². The van der Waals surface area contributed by atoms with Crippen molar-refractivity contribution >= 4 is 22.3 Å². The van der Waals surface area contributed by atoms with E-state index in [-0.39, 0.29) is 5.48 Å². The number of hydrogen-bond acceptors (Lipinski definition) is 0. The fourth-order valence-electron chi connectivity index (χ4n) is 0. The van der Waals surface area contributed by atoms with E-state index in [1.807, 2.05) is 0 Å². The van der Waals surface area contributed by atoms with Crippen molar-refractivity contribution in [3.8, 4) is 0 Å². The second-order valence-electron chi connectivity index (χ2n) is 0.704. The minimum atomic E-state index is 0. The minimum absolute atomic E-state index is 0. The summed E-state index contributed by atoms with van der Waals surface area (Å²) in [7, 11) is 0. The number of rotatable bonds is 1. The standard InChI is InChI=1S/C3H7Te.H2O/c1-2-3-4;/h2-3H2,1H3;1H2. The Balaban J connectivity index is 0. The minimum Gasteiger partial charge on any atom is -0.412 e. The molecule has 0 amide bonds. The molecule has 0 aliphatic rings. The Morgan fingerprint density at radius 2 is 1.80 bits per heavy atom. The molecule has 0 saturated carbocycles. The Labute approximate surface area is 46.0 Å². The van der Waals surface area contributed by atoms with Gasteiger partial charge in [0.2, 0.25) is 0 Å². The Morgan fingerprint density at radius 1 is 1.60 bits per heavy atom. The second-order valence-corrected chi connectivity index (χ2v) is 1.87. The summed E-state index contributed by atoms with van der Waals surface area (Å²) in [4.78, 5) is 0.